The van der Waals surface area contributed by atoms with Crippen LogP contribution in [0.2, 0.25) is 0 Å². The second kappa shape index (κ2) is 5.61. The predicted molar refractivity (Wildman–Crippen MR) is 73.2 cm³/mol. The number of thiazole rings is 1. The lowest BCUT2D eigenvalue weighted by Crippen LogP contribution is -2.14. The Kier molecular flexibility index (Phi) is 3.91. The van der Waals surface area contributed by atoms with Crippen LogP contribution < -0.4 is 16.8 Å². The Hall–Kier alpha value is -1.92. The van der Waals surface area contributed by atoms with Crippen molar-refractivity contribution in [3.63, 3.8) is 0 Å². The van der Waals surface area contributed by atoms with Crippen molar-refractivity contribution in [3.05, 3.63) is 40.9 Å². The van der Waals surface area contributed by atoms with Crippen molar-refractivity contribution in [2.75, 3.05) is 11.1 Å². The van der Waals surface area contributed by atoms with E-state index in [1.165, 1.54) is 11.3 Å². The molecule has 2 rings (SSSR count). The molecule has 6 heteroatoms. The number of carbonyl (C=O) groups excluding carboxylic acids is 1. The Balaban J connectivity index is 1.98. The summed E-state index contributed by atoms with van der Waals surface area (Å²) in [5.41, 5.74) is 13.5. The third kappa shape index (κ3) is 3.28. The van der Waals surface area contributed by atoms with E-state index in [1.807, 2.05) is 24.3 Å². The number of anilines is 2. The predicted octanol–water partition coefficient (Wildman–Crippen LogP) is 1.37. The first-order chi connectivity index (χ1) is 8.67. The van der Waals surface area contributed by atoms with Crippen LogP contribution in [0.3, 0.4) is 0 Å². The van der Waals surface area contributed by atoms with Gasteiger partial charge in [-0.15, -0.1) is 11.3 Å². The van der Waals surface area contributed by atoms with Gasteiger partial charge in [-0.2, -0.15) is 0 Å². The van der Waals surface area contributed by atoms with Crippen LogP contribution in [-0.2, 0) is 17.8 Å². The maximum Gasteiger partial charge on any atom is 0.230 e. The van der Waals surface area contributed by atoms with Gasteiger partial charge in [0.15, 0.2) is 5.13 Å². The van der Waals surface area contributed by atoms with Gasteiger partial charge in [-0.3, -0.25) is 4.79 Å². The molecule has 0 saturated carbocycles. The van der Waals surface area contributed by atoms with Gasteiger partial charge in [-0.1, -0.05) is 12.1 Å². The summed E-state index contributed by atoms with van der Waals surface area (Å²) in [6.07, 6.45) is 0.223. The highest BCUT2D eigenvalue weighted by Gasteiger charge is 2.07. The molecule has 0 radical (unpaired) electrons. The molecule has 0 saturated heterocycles. The summed E-state index contributed by atoms with van der Waals surface area (Å²) < 4.78 is 0. The summed E-state index contributed by atoms with van der Waals surface area (Å²) in [5.74, 6) is -0.116. The van der Waals surface area contributed by atoms with Gasteiger partial charge in [-0.25, -0.2) is 4.98 Å². The molecule has 0 fully saturated rings. The molecular weight excluding hydrogens is 248 g/mol. The lowest BCUT2D eigenvalue weighted by Gasteiger charge is -2.05. The Labute approximate surface area is 109 Å². The van der Waals surface area contributed by atoms with Crippen LogP contribution in [0, 0.1) is 0 Å². The van der Waals surface area contributed by atoms with E-state index in [0.717, 1.165) is 11.3 Å². The average molecular weight is 262 g/mol. The third-order valence-electron chi connectivity index (χ3n) is 2.36. The number of carbonyl (C=O) groups is 1. The monoisotopic (exact) mass is 262 g/mol. The van der Waals surface area contributed by atoms with Crippen molar-refractivity contribution in [3.8, 4) is 0 Å². The summed E-state index contributed by atoms with van der Waals surface area (Å²) in [7, 11) is 0. The molecule has 1 amide bonds. The van der Waals surface area contributed by atoms with E-state index in [-0.39, 0.29) is 12.3 Å². The fourth-order valence-electron chi connectivity index (χ4n) is 1.55. The first-order valence-electron chi connectivity index (χ1n) is 5.46. The number of nitrogens with zero attached hydrogens (tertiary/aromatic N) is 1. The van der Waals surface area contributed by atoms with E-state index in [9.17, 15) is 4.79 Å². The van der Waals surface area contributed by atoms with Crippen LogP contribution in [0.1, 0.15) is 11.3 Å². The van der Waals surface area contributed by atoms with Gasteiger partial charge in [0, 0.05) is 17.6 Å². The molecule has 94 valence electrons. The van der Waals surface area contributed by atoms with E-state index in [2.05, 4.69) is 10.3 Å². The fourth-order valence-corrected chi connectivity index (χ4v) is 2.11. The number of nitrogens with one attached hydrogen (secondary N) is 1. The highest BCUT2D eigenvalue weighted by atomic mass is 32.1. The highest BCUT2D eigenvalue weighted by Crippen LogP contribution is 2.13. The van der Waals surface area contributed by atoms with Gasteiger partial charge in [-0.05, 0) is 17.7 Å². The number of aromatic nitrogens is 1. The SMILES string of the molecule is NCc1cccc(NC(=O)Cc2csc(N)n2)c1. The molecule has 0 unspecified atom stereocenters. The fraction of sp³-hybridized carbons (Fsp3) is 0.167. The third-order valence-corrected chi connectivity index (χ3v) is 3.08. The molecule has 1 heterocycles. The van der Waals surface area contributed by atoms with Crippen molar-refractivity contribution in [1.82, 2.24) is 4.98 Å². The largest absolute Gasteiger partial charge is 0.375 e. The van der Waals surface area contributed by atoms with Crippen molar-refractivity contribution in [2.45, 2.75) is 13.0 Å². The molecule has 0 aliphatic heterocycles. The van der Waals surface area contributed by atoms with Crippen molar-refractivity contribution in [2.24, 2.45) is 5.73 Å². The topological polar surface area (TPSA) is 94.0 Å². The van der Waals surface area contributed by atoms with E-state index in [1.54, 1.807) is 5.38 Å². The molecule has 0 aliphatic carbocycles. The van der Waals surface area contributed by atoms with Gasteiger partial charge >= 0.3 is 0 Å². The quantitative estimate of drug-likeness (QED) is 0.775. The first-order valence-corrected chi connectivity index (χ1v) is 6.34. The number of hydrogen-bond donors (Lipinski definition) is 3. The Morgan fingerprint density at radius 1 is 1.44 bits per heavy atom. The van der Waals surface area contributed by atoms with E-state index in [4.69, 9.17) is 11.5 Å². The number of nitrogen functional groups attached to an aromatic ring is 1. The maximum atomic E-state index is 11.8. The minimum atomic E-state index is -0.116. The minimum Gasteiger partial charge on any atom is -0.375 e. The highest BCUT2D eigenvalue weighted by molar-refractivity contribution is 7.13. The van der Waals surface area contributed by atoms with Gasteiger partial charge < -0.3 is 16.8 Å². The minimum absolute atomic E-state index is 0.116. The molecule has 0 bridgehead atoms. The van der Waals surface area contributed by atoms with Crippen molar-refractivity contribution < 1.29 is 4.79 Å². The number of benzene rings is 1. The molecule has 0 spiro atoms. The van der Waals surface area contributed by atoms with Gasteiger partial charge in [0.1, 0.15) is 0 Å². The van der Waals surface area contributed by atoms with Crippen molar-refractivity contribution in [1.29, 1.82) is 0 Å². The van der Waals surface area contributed by atoms with Gasteiger partial charge in [0.25, 0.3) is 0 Å². The second-order valence-electron chi connectivity index (χ2n) is 3.81. The lowest BCUT2D eigenvalue weighted by molar-refractivity contribution is -0.115. The van der Waals surface area contributed by atoms with Crippen LogP contribution in [0.25, 0.3) is 0 Å². The van der Waals surface area contributed by atoms with Crippen LogP contribution in [-0.4, -0.2) is 10.9 Å². The molecule has 2 aromatic rings. The Bertz CT molecular complexity index is 553. The van der Waals surface area contributed by atoms with Crippen LogP contribution in [0.15, 0.2) is 29.6 Å². The maximum absolute atomic E-state index is 11.8. The number of amides is 1. The first kappa shape index (κ1) is 12.5. The van der Waals surface area contributed by atoms with Crippen molar-refractivity contribution >= 4 is 28.1 Å². The Morgan fingerprint density at radius 2 is 2.28 bits per heavy atom. The smallest absolute Gasteiger partial charge is 0.230 e. The molecular formula is C12H14N4OS. The number of rotatable bonds is 4. The van der Waals surface area contributed by atoms with Crippen LogP contribution in [0.5, 0.6) is 0 Å². The number of nitrogens with two attached hydrogens (primary N) is 2. The second-order valence-corrected chi connectivity index (χ2v) is 4.70. The summed E-state index contributed by atoms with van der Waals surface area (Å²) in [6.45, 7) is 0.451. The zero-order chi connectivity index (χ0) is 13.0. The van der Waals surface area contributed by atoms with E-state index < -0.39 is 0 Å². The molecule has 1 aromatic carbocycles. The standard InChI is InChI=1S/C12H14N4OS/c13-6-8-2-1-3-9(4-8)15-11(17)5-10-7-18-12(14)16-10/h1-4,7H,5-6,13H2,(H2,14,16)(H,15,17). The zero-order valence-corrected chi connectivity index (χ0v) is 10.5. The summed E-state index contributed by atoms with van der Waals surface area (Å²) in [4.78, 5) is 15.8. The van der Waals surface area contributed by atoms with Crippen LogP contribution in [0.4, 0.5) is 10.8 Å². The summed E-state index contributed by atoms with van der Waals surface area (Å²) >= 11 is 1.33. The molecule has 5 nitrogen and oxygen atoms in total. The summed E-state index contributed by atoms with van der Waals surface area (Å²) in [5, 5.41) is 5.06. The molecule has 0 atom stereocenters. The zero-order valence-electron chi connectivity index (χ0n) is 9.72. The molecule has 0 aliphatic rings. The van der Waals surface area contributed by atoms with Gasteiger partial charge in [0.05, 0.1) is 12.1 Å². The number of hydrogen-bond acceptors (Lipinski definition) is 5. The molecule has 18 heavy (non-hydrogen) atoms. The molecule has 5 N–H and O–H groups in total. The normalized spacial score (nSPS) is 10.3. The van der Waals surface area contributed by atoms with E-state index in [0.29, 0.717) is 17.4 Å². The Morgan fingerprint density at radius 3 is 2.94 bits per heavy atom. The lowest BCUT2D eigenvalue weighted by atomic mass is 10.2. The summed E-state index contributed by atoms with van der Waals surface area (Å²) in [6, 6.07) is 7.45. The van der Waals surface area contributed by atoms with Gasteiger partial charge in [0.2, 0.25) is 5.91 Å². The van der Waals surface area contributed by atoms with Crippen LogP contribution >= 0.6 is 11.3 Å². The van der Waals surface area contributed by atoms with E-state index >= 15 is 0 Å². The average Bonchev–Trinajstić information content (AvgIpc) is 2.74. The molecule has 1 aromatic heterocycles.